The molecule has 0 unspecified atom stereocenters. The third-order valence-corrected chi connectivity index (χ3v) is 4.88. The van der Waals surface area contributed by atoms with E-state index >= 15 is 0 Å². The van der Waals surface area contributed by atoms with Crippen LogP contribution in [-0.2, 0) is 0 Å². The van der Waals surface area contributed by atoms with Crippen LogP contribution in [0.15, 0.2) is 24.5 Å². The Balaban J connectivity index is 1.46. The lowest BCUT2D eigenvalue weighted by Gasteiger charge is -2.30. The zero-order valence-corrected chi connectivity index (χ0v) is 13.1. The molecule has 5 heteroatoms. The summed E-state index contributed by atoms with van der Waals surface area (Å²) in [6, 6.07) is 9.68. The van der Waals surface area contributed by atoms with Crippen LogP contribution in [0.4, 0.5) is 5.82 Å². The number of fused-ring (bicyclic) bond motifs is 1. The molecule has 0 atom stereocenters. The number of hydrogen-bond acceptors (Lipinski definition) is 5. The maximum atomic E-state index is 9.10. The molecule has 23 heavy (non-hydrogen) atoms. The van der Waals surface area contributed by atoms with Crippen molar-refractivity contribution in [1.29, 1.82) is 5.26 Å². The van der Waals surface area contributed by atoms with Crippen molar-refractivity contribution in [1.82, 2.24) is 15.3 Å². The second-order valence-corrected chi connectivity index (χ2v) is 6.70. The van der Waals surface area contributed by atoms with Crippen molar-refractivity contribution in [2.45, 2.75) is 56.7 Å². The number of nitrogens with zero attached hydrogens (tertiary/aromatic N) is 3. The highest BCUT2D eigenvalue weighted by Gasteiger charge is 2.28. The van der Waals surface area contributed by atoms with Gasteiger partial charge in [0.2, 0.25) is 0 Å². The number of nitrogens with one attached hydrogen (secondary N) is 2. The Morgan fingerprint density at radius 1 is 0.957 bits per heavy atom. The summed E-state index contributed by atoms with van der Waals surface area (Å²) in [6.07, 6.45) is 9.07. The maximum Gasteiger partial charge on any atom is 0.137 e. The van der Waals surface area contributed by atoms with Gasteiger partial charge in [-0.3, -0.25) is 0 Å². The van der Waals surface area contributed by atoms with Crippen LogP contribution in [0, 0.1) is 11.3 Å². The van der Waals surface area contributed by atoms with Crippen molar-refractivity contribution >= 4 is 16.7 Å². The second kappa shape index (κ2) is 6.13. The predicted octanol–water partition coefficient (Wildman–Crippen LogP) is 2.98. The largest absolute Gasteiger partial charge is 0.367 e. The van der Waals surface area contributed by atoms with Gasteiger partial charge in [-0.25, -0.2) is 9.97 Å². The minimum absolute atomic E-state index is 0.455. The molecule has 1 aromatic carbocycles. The van der Waals surface area contributed by atoms with E-state index in [9.17, 15) is 0 Å². The molecule has 0 amide bonds. The van der Waals surface area contributed by atoms with Crippen molar-refractivity contribution in [3.8, 4) is 6.07 Å². The minimum atomic E-state index is 0.455. The fraction of sp³-hybridized carbons (Fsp3) is 0.500. The number of hydrogen-bond donors (Lipinski definition) is 2. The number of benzene rings is 1. The molecule has 2 aliphatic rings. The van der Waals surface area contributed by atoms with Crippen molar-refractivity contribution in [3.05, 3.63) is 30.1 Å². The average molecular weight is 307 g/mol. The Morgan fingerprint density at radius 3 is 2.35 bits per heavy atom. The molecule has 2 saturated carbocycles. The molecule has 1 heterocycles. The van der Waals surface area contributed by atoms with E-state index in [2.05, 4.69) is 26.7 Å². The van der Waals surface area contributed by atoms with Gasteiger partial charge in [-0.1, -0.05) is 0 Å². The first-order valence-electron chi connectivity index (χ1n) is 8.49. The Hall–Kier alpha value is -2.19. The van der Waals surface area contributed by atoms with Gasteiger partial charge in [-0.05, 0) is 56.7 Å². The fourth-order valence-electron chi connectivity index (χ4n) is 3.42. The average Bonchev–Trinajstić information content (AvgIpc) is 3.40. The monoisotopic (exact) mass is 307 g/mol. The molecule has 0 aliphatic heterocycles. The van der Waals surface area contributed by atoms with E-state index in [0.717, 1.165) is 35.6 Å². The van der Waals surface area contributed by atoms with Gasteiger partial charge < -0.3 is 10.6 Å². The van der Waals surface area contributed by atoms with Crippen molar-refractivity contribution in [2.24, 2.45) is 0 Å². The molecular formula is C18H21N5. The van der Waals surface area contributed by atoms with Crippen LogP contribution in [0.1, 0.15) is 44.1 Å². The van der Waals surface area contributed by atoms with Crippen LogP contribution in [0.3, 0.4) is 0 Å². The van der Waals surface area contributed by atoms with E-state index in [1.54, 1.807) is 12.4 Å². The van der Waals surface area contributed by atoms with Gasteiger partial charge in [0, 0.05) is 23.5 Å². The third kappa shape index (κ3) is 3.27. The predicted molar refractivity (Wildman–Crippen MR) is 90.1 cm³/mol. The summed E-state index contributed by atoms with van der Waals surface area (Å²) >= 11 is 0. The Morgan fingerprint density at radius 2 is 1.65 bits per heavy atom. The van der Waals surface area contributed by atoms with Gasteiger partial charge in [0.1, 0.15) is 12.1 Å². The van der Waals surface area contributed by atoms with Gasteiger partial charge in [0.15, 0.2) is 0 Å². The highest BCUT2D eigenvalue weighted by molar-refractivity contribution is 5.89. The fourth-order valence-corrected chi connectivity index (χ4v) is 3.42. The summed E-state index contributed by atoms with van der Waals surface area (Å²) in [5.74, 6) is 0.853. The normalized spacial score (nSPS) is 24.3. The van der Waals surface area contributed by atoms with E-state index in [0.29, 0.717) is 17.6 Å². The molecule has 4 rings (SSSR count). The van der Waals surface area contributed by atoms with Crippen LogP contribution in [0.5, 0.6) is 0 Å². The van der Waals surface area contributed by atoms with Gasteiger partial charge in [0.25, 0.3) is 0 Å². The van der Waals surface area contributed by atoms with Crippen LogP contribution in [-0.4, -0.2) is 28.1 Å². The highest BCUT2D eigenvalue weighted by Crippen LogP contribution is 2.28. The van der Waals surface area contributed by atoms with Gasteiger partial charge in [-0.2, -0.15) is 5.26 Å². The molecule has 0 radical (unpaired) electrons. The van der Waals surface area contributed by atoms with Gasteiger partial charge in [-0.15, -0.1) is 0 Å². The highest BCUT2D eigenvalue weighted by atomic mass is 15.0. The molecule has 2 aliphatic carbocycles. The molecular weight excluding hydrogens is 286 g/mol. The summed E-state index contributed by atoms with van der Waals surface area (Å²) in [5, 5.41) is 17.3. The van der Waals surface area contributed by atoms with Crippen LogP contribution in [0.25, 0.3) is 10.9 Å². The van der Waals surface area contributed by atoms with Crippen LogP contribution < -0.4 is 10.6 Å². The van der Waals surface area contributed by atoms with E-state index in [4.69, 9.17) is 5.26 Å². The first kappa shape index (κ1) is 14.4. The molecule has 0 bridgehead atoms. The first-order chi connectivity index (χ1) is 11.3. The third-order valence-electron chi connectivity index (χ3n) is 4.88. The zero-order valence-electron chi connectivity index (χ0n) is 13.1. The van der Waals surface area contributed by atoms with E-state index < -0.39 is 0 Å². The summed E-state index contributed by atoms with van der Waals surface area (Å²) in [5.41, 5.74) is 1.53. The lowest BCUT2D eigenvalue weighted by atomic mass is 9.91. The van der Waals surface area contributed by atoms with Gasteiger partial charge in [0.05, 0.1) is 17.1 Å². The summed E-state index contributed by atoms with van der Waals surface area (Å²) in [4.78, 5) is 8.70. The maximum absolute atomic E-state index is 9.10. The van der Waals surface area contributed by atoms with Crippen molar-refractivity contribution < 1.29 is 0 Å². The van der Waals surface area contributed by atoms with E-state index in [-0.39, 0.29) is 0 Å². The molecule has 0 spiro atoms. The standard InChI is InChI=1S/C18H21N5/c19-10-12-1-8-17-16(9-12)18(21-11-20-17)23-15-6-4-14(5-7-15)22-13-2-3-13/h1,8-9,11,13-15,22H,2-7H2,(H,20,21,23). The quantitative estimate of drug-likeness (QED) is 0.908. The molecule has 2 fully saturated rings. The number of aromatic nitrogens is 2. The number of anilines is 1. The molecule has 2 N–H and O–H groups in total. The molecule has 118 valence electrons. The number of nitriles is 1. The van der Waals surface area contributed by atoms with E-state index in [1.807, 2.05) is 12.1 Å². The second-order valence-electron chi connectivity index (χ2n) is 6.70. The molecule has 2 aromatic rings. The van der Waals surface area contributed by atoms with Crippen molar-refractivity contribution in [2.75, 3.05) is 5.32 Å². The smallest absolute Gasteiger partial charge is 0.137 e. The first-order valence-corrected chi connectivity index (χ1v) is 8.49. The van der Waals surface area contributed by atoms with Gasteiger partial charge >= 0.3 is 0 Å². The van der Waals surface area contributed by atoms with Crippen molar-refractivity contribution in [3.63, 3.8) is 0 Å². The van der Waals surface area contributed by atoms with Crippen LogP contribution >= 0.6 is 0 Å². The molecule has 5 nitrogen and oxygen atoms in total. The lowest BCUT2D eigenvalue weighted by Crippen LogP contribution is -2.38. The lowest BCUT2D eigenvalue weighted by molar-refractivity contribution is 0.352. The Bertz CT molecular complexity index is 739. The summed E-state index contributed by atoms with van der Waals surface area (Å²) in [7, 11) is 0. The molecule has 1 aromatic heterocycles. The molecule has 0 saturated heterocycles. The zero-order chi connectivity index (χ0) is 15.6. The van der Waals surface area contributed by atoms with Crippen LogP contribution in [0.2, 0.25) is 0 Å². The van der Waals surface area contributed by atoms with E-state index in [1.165, 1.54) is 25.7 Å². The Labute approximate surface area is 136 Å². The summed E-state index contributed by atoms with van der Waals surface area (Å²) < 4.78 is 0. The minimum Gasteiger partial charge on any atom is -0.367 e. The SMILES string of the molecule is N#Cc1ccc2ncnc(NC3CCC(NC4CC4)CC3)c2c1. The topological polar surface area (TPSA) is 73.6 Å². The Kier molecular flexibility index (Phi) is 3.84. The summed E-state index contributed by atoms with van der Waals surface area (Å²) in [6.45, 7) is 0. The number of rotatable bonds is 4.